The van der Waals surface area contributed by atoms with E-state index in [2.05, 4.69) is 64.7 Å². The summed E-state index contributed by atoms with van der Waals surface area (Å²) in [7, 11) is 0. The van der Waals surface area contributed by atoms with E-state index in [1.807, 2.05) is 11.8 Å². The summed E-state index contributed by atoms with van der Waals surface area (Å²) < 4.78 is 0. The van der Waals surface area contributed by atoms with Gasteiger partial charge in [-0.15, -0.1) is 0 Å². The molecule has 1 heterocycles. The lowest BCUT2D eigenvalue weighted by Crippen LogP contribution is -2.42. The van der Waals surface area contributed by atoms with Gasteiger partial charge >= 0.3 is 0 Å². The minimum atomic E-state index is 0.560. The van der Waals surface area contributed by atoms with Gasteiger partial charge in [-0.3, -0.25) is 0 Å². The fourth-order valence-corrected chi connectivity index (χ4v) is 5.30. The molecule has 2 N–H and O–H groups in total. The van der Waals surface area contributed by atoms with Crippen molar-refractivity contribution in [2.75, 3.05) is 42.3 Å². The van der Waals surface area contributed by atoms with Crippen molar-refractivity contribution in [3.8, 4) is 0 Å². The Bertz CT molecular complexity index is 570. The van der Waals surface area contributed by atoms with E-state index in [4.69, 9.17) is 4.99 Å². The highest BCUT2D eigenvalue weighted by Crippen LogP contribution is 2.28. The number of nitrogens with zero attached hydrogens (tertiary/aromatic N) is 2. The van der Waals surface area contributed by atoms with Gasteiger partial charge in [0.2, 0.25) is 0 Å². The molecule has 0 bridgehead atoms. The van der Waals surface area contributed by atoms with Crippen molar-refractivity contribution in [1.82, 2.24) is 10.6 Å². The van der Waals surface area contributed by atoms with Gasteiger partial charge in [0.1, 0.15) is 0 Å². The van der Waals surface area contributed by atoms with Gasteiger partial charge in [0, 0.05) is 48.1 Å². The minimum Gasteiger partial charge on any atom is -0.370 e. The number of nitrogens with one attached hydrogen (secondary N) is 2. The lowest BCUT2D eigenvalue weighted by atomic mass is 10.2. The van der Waals surface area contributed by atoms with E-state index < -0.39 is 0 Å². The molecule has 2 fully saturated rings. The van der Waals surface area contributed by atoms with Crippen LogP contribution in [-0.4, -0.2) is 54.6 Å². The fraction of sp³-hybridized carbons (Fsp3) is 0.650. The van der Waals surface area contributed by atoms with Crippen LogP contribution in [0.2, 0.25) is 0 Å². The summed E-state index contributed by atoms with van der Waals surface area (Å²) in [6.45, 7) is 6.08. The highest BCUT2D eigenvalue weighted by molar-refractivity contribution is 7.99. The van der Waals surface area contributed by atoms with E-state index in [0.29, 0.717) is 6.04 Å². The number of hydrogen-bond acceptors (Lipinski definition) is 4. The van der Waals surface area contributed by atoms with Gasteiger partial charge in [0.25, 0.3) is 0 Å². The molecule has 26 heavy (non-hydrogen) atoms. The molecule has 2 atom stereocenters. The second-order valence-corrected chi connectivity index (χ2v) is 9.34. The van der Waals surface area contributed by atoms with Crippen LogP contribution in [0.15, 0.2) is 29.3 Å². The van der Waals surface area contributed by atoms with E-state index in [9.17, 15) is 0 Å². The van der Waals surface area contributed by atoms with E-state index in [1.54, 1.807) is 0 Å². The largest absolute Gasteiger partial charge is 0.370 e. The predicted molar refractivity (Wildman–Crippen MR) is 119 cm³/mol. The molecule has 2 unspecified atom stereocenters. The zero-order valence-corrected chi connectivity index (χ0v) is 17.7. The number of thioether (sulfide) groups is 2. The Labute approximate surface area is 167 Å². The van der Waals surface area contributed by atoms with Crippen LogP contribution in [0.3, 0.4) is 0 Å². The second kappa shape index (κ2) is 10.4. The molecular weight excluding hydrogens is 360 g/mol. The van der Waals surface area contributed by atoms with Crippen LogP contribution in [0.1, 0.15) is 31.7 Å². The Kier molecular flexibility index (Phi) is 7.86. The summed E-state index contributed by atoms with van der Waals surface area (Å²) >= 11 is 4.05. The molecule has 1 aromatic carbocycles. The van der Waals surface area contributed by atoms with E-state index >= 15 is 0 Å². The zero-order valence-electron chi connectivity index (χ0n) is 16.0. The SMILES string of the molecule is CCNC(=NCc1ccc(N2CCSCC2)cc1)NC1CCC(SC)C1. The Balaban J connectivity index is 1.55. The maximum absolute atomic E-state index is 4.81. The van der Waals surface area contributed by atoms with Crippen LogP contribution in [0, 0.1) is 0 Å². The molecule has 1 saturated heterocycles. The molecule has 1 saturated carbocycles. The van der Waals surface area contributed by atoms with Crippen LogP contribution in [0.5, 0.6) is 0 Å². The Morgan fingerprint density at radius 3 is 2.65 bits per heavy atom. The third-order valence-corrected chi connectivity index (χ3v) is 7.17. The van der Waals surface area contributed by atoms with Crippen LogP contribution >= 0.6 is 23.5 Å². The molecule has 0 amide bonds. The summed E-state index contributed by atoms with van der Waals surface area (Å²) in [6, 6.07) is 9.51. The smallest absolute Gasteiger partial charge is 0.191 e. The molecule has 1 aromatic rings. The zero-order chi connectivity index (χ0) is 18.2. The lowest BCUT2D eigenvalue weighted by molar-refractivity contribution is 0.615. The molecule has 3 rings (SSSR count). The number of anilines is 1. The topological polar surface area (TPSA) is 39.7 Å². The average Bonchev–Trinajstić information content (AvgIpc) is 3.15. The number of aliphatic imine (C=N–C) groups is 1. The molecule has 4 nitrogen and oxygen atoms in total. The molecule has 144 valence electrons. The molecule has 1 aliphatic carbocycles. The summed E-state index contributed by atoms with van der Waals surface area (Å²) in [5, 5.41) is 7.83. The molecule has 1 aliphatic heterocycles. The first-order valence-electron chi connectivity index (χ1n) is 9.77. The first kappa shape index (κ1) is 19.7. The lowest BCUT2D eigenvalue weighted by Gasteiger charge is -2.28. The van der Waals surface area contributed by atoms with Crippen LogP contribution in [-0.2, 0) is 6.54 Å². The van der Waals surface area contributed by atoms with Crippen molar-refractivity contribution in [2.24, 2.45) is 4.99 Å². The number of guanidine groups is 1. The van der Waals surface area contributed by atoms with Gasteiger partial charge < -0.3 is 15.5 Å². The van der Waals surface area contributed by atoms with Crippen molar-refractivity contribution >= 4 is 35.2 Å². The highest BCUT2D eigenvalue weighted by Gasteiger charge is 2.24. The molecule has 0 aromatic heterocycles. The van der Waals surface area contributed by atoms with Gasteiger partial charge in [-0.2, -0.15) is 23.5 Å². The van der Waals surface area contributed by atoms with Gasteiger partial charge in [-0.05, 0) is 50.1 Å². The predicted octanol–water partition coefficient (Wildman–Crippen LogP) is 3.58. The first-order valence-corrected chi connectivity index (χ1v) is 12.2. The number of rotatable bonds is 6. The van der Waals surface area contributed by atoms with Crippen molar-refractivity contribution in [3.05, 3.63) is 29.8 Å². The van der Waals surface area contributed by atoms with Gasteiger partial charge in [-0.25, -0.2) is 4.99 Å². The standard InChI is InChI=1S/C20H32N4S2/c1-3-21-20(23-17-6-9-19(14-17)25-2)22-15-16-4-7-18(8-5-16)24-10-12-26-13-11-24/h4-5,7-8,17,19H,3,6,9-15H2,1-2H3,(H2,21,22,23). The maximum atomic E-state index is 4.81. The van der Waals surface area contributed by atoms with Crippen molar-refractivity contribution in [2.45, 2.75) is 44.0 Å². The highest BCUT2D eigenvalue weighted by atomic mass is 32.2. The molecule has 2 aliphatic rings. The van der Waals surface area contributed by atoms with Gasteiger partial charge in [-0.1, -0.05) is 12.1 Å². The van der Waals surface area contributed by atoms with Crippen molar-refractivity contribution < 1.29 is 0 Å². The monoisotopic (exact) mass is 392 g/mol. The third-order valence-electron chi connectivity index (χ3n) is 5.14. The quantitative estimate of drug-likeness (QED) is 0.572. The van der Waals surface area contributed by atoms with Gasteiger partial charge in [0.05, 0.1) is 6.54 Å². The van der Waals surface area contributed by atoms with E-state index in [1.165, 1.54) is 42.0 Å². The summed E-state index contributed by atoms with van der Waals surface area (Å²) in [6.07, 6.45) is 6.03. The Morgan fingerprint density at radius 1 is 1.23 bits per heavy atom. The molecule has 6 heteroatoms. The summed E-state index contributed by atoms with van der Waals surface area (Å²) in [5.41, 5.74) is 2.61. The van der Waals surface area contributed by atoms with Crippen molar-refractivity contribution in [3.63, 3.8) is 0 Å². The first-order chi connectivity index (χ1) is 12.8. The summed E-state index contributed by atoms with van der Waals surface area (Å²) in [5.74, 6) is 3.43. The van der Waals surface area contributed by atoms with Crippen LogP contribution in [0.25, 0.3) is 0 Å². The fourth-order valence-electron chi connectivity index (χ4n) is 3.60. The minimum absolute atomic E-state index is 0.560. The summed E-state index contributed by atoms with van der Waals surface area (Å²) in [4.78, 5) is 7.29. The van der Waals surface area contributed by atoms with Crippen LogP contribution < -0.4 is 15.5 Å². The third kappa shape index (κ3) is 5.74. The molecule has 0 radical (unpaired) electrons. The molecular formula is C20H32N4S2. The van der Waals surface area contributed by atoms with E-state index in [-0.39, 0.29) is 0 Å². The second-order valence-electron chi connectivity index (χ2n) is 6.97. The number of hydrogen-bond donors (Lipinski definition) is 2. The van der Waals surface area contributed by atoms with Crippen molar-refractivity contribution in [1.29, 1.82) is 0 Å². The normalized spacial score (nSPS) is 23.9. The average molecular weight is 393 g/mol. The maximum Gasteiger partial charge on any atom is 0.191 e. The van der Waals surface area contributed by atoms with E-state index in [0.717, 1.165) is 37.4 Å². The molecule has 0 spiro atoms. The van der Waals surface area contributed by atoms with Crippen LogP contribution in [0.4, 0.5) is 5.69 Å². The Morgan fingerprint density at radius 2 is 2.00 bits per heavy atom. The Hall–Kier alpha value is -1.01. The number of benzene rings is 1. The van der Waals surface area contributed by atoms with Gasteiger partial charge in [0.15, 0.2) is 5.96 Å².